The lowest BCUT2D eigenvalue weighted by molar-refractivity contribution is 0.931. The van der Waals surface area contributed by atoms with E-state index in [0.29, 0.717) is 13.0 Å². The highest BCUT2D eigenvalue weighted by Gasteiger charge is 2.00. The minimum absolute atomic E-state index is 0.590. The maximum Gasteiger partial charge on any atom is 0.159 e. The summed E-state index contributed by atoms with van der Waals surface area (Å²) in [5, 5.41) is 0. The fourth-order valence-corrected chi connectivity index (χ4v) is 1.32. The van der Waals surface area contributed by atoms with Crippen molar-refractivity contribution in [3.63, 3.8) is 0 Å². The predicted molar refractivity (Wildman–Crippen MR) is 59.1 cm³/mol. The first-order valence-electron chi connectivity index (χ1n) is 4.77. The van der Waals surface area contributed by atoms with Gasteiger partial charge in [-0.05, 0) is 6.07 Å². The molecule has 0 saturated heterocycles. The molecule has 15 heavy (non-hydrogen) atoms. The Labute approximate surface area is 88.1 Å². The van der Waals surface area contributed by atoms with Gasteiger partial charge in [0.2, 0.25) is 0 Å². The van der Waals surface area contributed by atoms with Crippen LogP contribution in [-0.2, 0) is 7.05 Å². The van der Waals surface area contributed by atoms with E-state index in [0.717, 1.165) is 16.7 Å². The van der Waals surface area contributed by atoms with Gasteiger partial charge in [0.05, 0.1) is 6.33 Å². The second-order valence-electron chi connectivity index (χ2n) is 3.26. The van der Waals surface area contributed by atoms with Crippen molar-refractivity contribution in [1.82, 2.24) is 14.5 Å². The number of imidazole rings is 1. The lowest BCUT2D eigenvalue weighted by atomic mass is 10.2. The van der Waals surface area contributed by atoms with Gasteiger partial charge in [0, 0.05) is 31.8 Å². The number of nitrogens with zero attached hydrogens (tertiary/aromatic N) is 3. The fraction of sp³-hybridized carbons (Fsp3) is 0.273. The molecule has 0 fully saturated rings. The van der Waals surface area contributed by atoms with Crippen LogP contribution in [-0.4, -0.2) is 21.1 Å². The van der Waals surface area contributed by atoms with E-state index in [1.165, 1.54) is 0 Å². The highest BCUT2D eigenvalue weighted by molar-refractivity contribution is 5.72. The van der Waals surface area contributed by atoms with Crippen LogP contribution in [0.25, 0.3) is 11.2 Å². The minimum atomic E-state index is 0.590. The molecule has 0 unspecified atom stereocenters. The van der Waals surface area contributed by atoms with Crippen LogP contribution in [0.15, 0.2) is 18.6 Å². The van der Waals surface area contributed by atoms with Crippen LogP contribution in [0.3, 0.4) is 0 Å². The minimum Gasteiger partial charge on any atom is -0.330 e. The summed E-state index contributed by atoms with van der Waals surface area (Å²) >= 11 is 0. The Balaban J connectivity index is 2.36. The van der Waals surface area contributed by atoms with Gasteiger partial charge >= 0.3 is 0 Å². The zero-order valence-electron chi connectivity index (χ0n) is 8.57. The Morgan fingerprint density at radius 1 is 1.47 bits per heavy atom. The Morgan fingerprint density at radius 2 is 2.33 bits per heavy atom. The van der Waals surface area contributed by atoms with E-state index in [-0.39, 0.29) is 0 Å². The zero-order chi connectivity index (χ0) is 10.7. The molecule has 76 valence electrons. The van der Waals surface area contributed by atoms with E-state index in [1.807, 2.05) is 17.7 Å². The number of pyridine rings is 1. The number of aromatic nitrogens is 3. The van der Waals surface area contributed by atoms with Gasteiger partial charge in [-0.25, -0.2) is 9.97 Å². The molecule has 0 aliphatic heterocycles. The molecule has 0 bridgehead atoms. The van der Waals surface area contributed by atoms with Crippen molar-refractivity contribution in [1.29, 1.82) is 0 Å². The van der Waals surface area contributed by atoms with Crippen LogP contribution in [0, 0.1) is 11.8 Å². The molecule has 2 aromatic rings. The normalized spacial score (nSPS) is 10.0. The van der Waals surface area contributed by atoms with E-state index < -0.39 is 0 Å². The zero-order valence-corrected chi connectivity index (χ0v) is 8.57. The molecule has 2 rings (SSSR count). The third-order valence-electron chi connectivity index (χ3n) is 2.05. The first-order valence-corrected chi connectivity index (χ1v) is 4.77. The molecular formula is C11H12N4. The maximum absolute atomic E-state index is 5.35. The summed E-state index contributed by atoms with van der Waals surface area (Å²) in [5.74, 6) is 5.98. The van der Waals surface area contributed by atoms with Crippen LogP contribution >= 0.6 is 0 Å². The van der Waals surface area contributed by atoms with E-state index in [9.17, 15) is 0 Å². The van der Waals surface area contributed by atoms with Gasteiger partial charge in [-0.3, -0.25) is 0 Å². The SMILES string of the molecule is Cn1cnc2cc(C#CCCN)cnc21. The molecule has 0 amide bonds. The fourth-order valence-electron chi connectivity index (χ4n) is 1.32. The average molecular weight is 200 g/mol. The summed E-state index contributed by atoms with van der Waals surface area (Å²) in [6.45, 7) is 0.590. The molecule has 4 heteroatoms. The first-order chi connectivity index (χ1) is 7.31. The molecule has 2 heterocycles. The molecular weight excluding hydrogens is 188 g/mol. The van der Waals surface area contributed by atoms with Crippen molar-refractivity contribution in [2.45, 2.75) is 6.42 Å². The molecule has 0 radical (unpaired) electrons. The summed E-state index contributed by atoms with van der Waals surface area (Å²) in [7, 11) is 1.92. The summed E-state index contributed by atoms with van der Waals surface area (Å²) in [4.78, 5) is 8.50. The molecule has 0 spiro atoms. The largest absolute Gasteiger partial charge is 0.330 e. The van der Waals surface area contributed by atoms with Crippen LogP contribution in [0.1, 0.15) is 12.0 Å². The predicted octanol–water partition coefficient (Wildman–Crippen LogP) is 0.669. The first kappa shape index (κ1) is 9.69. The van der Waals surface area contributed by atoms with Crippen molar-refractivity contribution in [3.8, 4) is 11.8 Å². The second-order valence-corrected chi connectivity index (χ2v) is 3.26. The molecule has 0 saturated carbocycles. The molecule has 2 N–H and O–H groups in total. The van der Waals surface area contributed by atoms with Crippen LogP contribution in [0.5, 0.6) is 0 Å². The number of hydrogen-bond acceptors (Lipinski definition) is 3. The van der Waals surface area contributed by atoms with E-state index in [4.69, 9.17) is 5.73 Å². The standard InChI is InChI=1S/C11H12N4/c1-15-8-14-10-6-9(4-2-3-5-12)7-13-11(10)15/h6-8H,3,5,12H2,1H3. The van der Waals surface area contributed by atoms with Gasteiger partial charge in [0.1, 0.15) is 5.52 Å². The highest BCUT2D eigenvalue weighted by atomic mass is 15.1. The van der Waals surface area contributed by atoms with Crippen molar-refractivity contribution in [3.05, 3.63) is 24.2 Å². The summed E-state index contributed by atoms with van der Waals surface area (Å²) in [5.41, 5.74) is 7.98. The van der Waals surface area contributed by atoms with Crippen LogP contribution < -0.4 is 5.73 Å². The van der Waals surface area contributed by atoms with Crippen molar-refractivity contribution in [2.24, 2.45) is 12.8 Å². The molecule has 2 aromatic heterocycles. The average Bonchev–Trinajstić information content (AvgIpc) is 2.61. The van der Waals surface area contributed by atoms with Gasteiger partial charge in [-0.2, -0.15) is 0 Å². The van der Waals surface area contributed by atoms with Gasteiger partial charge in [-0.15, -0.1) is 0 Å². The topological polar surface area (TPSA) is 56.7 Å². The number of rotatable bonds is 1. The van der Waals surface area contributed by atoms with Crippen molar-refractivity contribution >= 4 is 11.2 Å². The van der Waals surface area contributed by atoms with E-state index in [2.05, 4.69) is 21.8 Å². The molecule has 0 atom stereocenters. The van der Waals surface area contributed by atoms with Crippen LogP contribution in [0.4, 0.5) is 0 Å². The quantitative estimate of drug-likeness (QED) is 0.688. The lowest BCUT2D eigenvalue weighted by Crippen LogP contribution is -1.95. The smallest absolute Gasteiger partial charge is 0.159 e. The van der Waals surface area contributed by atoms with Gasteiger partial charge < -0.3 is 10.3 Å². The Morgan fingerprint density at radius 3 is 3.13 bits per heavy atom. The lowest BCUT2D eigenvalue weighted by Gasteiger charge is -1.93. The molecule has 0 aliphatic carbocycles. The Kier molecular flexibility index (Phi) is 2.66. The monoisotopic (exact) mass is 200 g/mol. The summed E-state index contributed by atoms with van der Waals surface area (Å²) in [6.07, 6.45) is 4.21. The van der Waals surface area contributed by atoms with E-state index in [1.54, 1.807) is 12.5 Å². The number of fused-ring (bicyclic) bond motifs is 1. The highest BCUT2D eigenvalue weighted by Crippen LogP contribution is 2.09. The molecule has 0 aliphatic rings. The third kappa shape index (κ3) is 1.97. The summed E-state index contributed by atoms with van der Waals surface area (Å²) < 4.78 is 1.88. The van der Waals surface area contributed by atoms with Crippen molar-refractivity contribution < 1.29 is 0 Å². The molecule has 4 nitrogen and oxygen atoms in total. The van der Waals surface area contributed by atoms with Crippen molar-refractivity contribution in [2.75, 3.05) is 6.54 Å². The van der Waals surface area contributed by atoms with Gasteiger partial charge in [0.15, 0.2) is 5.65 Å². The van der Waals surface area contributed by atoms with Gasteiger partial charge in [-0.1, -0.05) is 11.8 Å². The van der Waals surface area contributed by atoms with E-state index >= 15 is 0 Å². The number of aryl methyl sites for hydroxylation is 1. The number of hydrogen-bond donors (Lipinski definition) is 1. The second kappa shape index (κ2) is 4.11. The Bertz CT molecular complexity index is 530. The molecule has 0 aromatic carbocycles. The third-order valence-corrected chi connectivity index (χ3v) is 2.05. The Hall–Kier alpha value is -1.86. The van der Waals surface area contributed by atoms with Gasteiger partial charge in [0.25, 0.3) is 0 Å². The number of nitrogens with two attached hydrogens (primary N) is 1. The van der Waals surface area contributed by atoms with Crippen LogP contribution in [0.2, 0.25) is 0 Å². The summed E-state index contributed by atoms with van der Waals surface area (Å²) in [6, 6.07) is 1.94. The maximum atomic E-state index is 5.35.